The Balaban J connectivity index is 3.03. The van der Waals surface area contributed by atoms with Gasteiger partial charge >= 0.3 is 0 Å². The monoisotopic (exact) mass is 246 g/mol. The van der Waals surface area contributed by atoms with Crippen LogP contribution in [0.5, 0.6) is 0 Å². The molecule has 0 radical (unpaired) electrons. The molecule has 1 rings (SSSR count). The van der Waals surface area contributed by atoms with E-state index in [1.807, 2.05) is 6.92 Å². The van der Waals surface area contributed by atoms with Crippen molar-refractivity contribution in [1.82, 2.24) is 14.1 Å². The Kier molecular flexibility index (Phi) is 4.45. The molecule has 92 valence electrons. The number of sulfonamides is 1. The van der Waals surface area contributed by atoms with E-state index >= 15 is 0 Å². The maximum Gasteiger partial charge on any atom is 0.260 e. The molecule has 0 atom stereocenters. The van der Waals surface area contributed by atoms with Crippen LogP contribution in [-0.4, -0.2) is 42.1 Å². The minimum absolute atomic E-state index is 0.203. The van der Waals surface area contributed by atoms with Gasteiger partial charge in [-0.05, 0) is 12.5 Å². The lowest BCUT2D eigenvalue weighted by molar-refractivity contribution is 0.412. The van der Waals surface area contributed by atoms with Crippen molar-refractivity contribution in [2.45, 2.75) is 18.4 Å². The molecule has 0 aliphatic heterocycles. The van der Waals surface area contributed by atoms with Gasteiger partial charge < -0.3 is 5.73 Å². The molecule has 1 heterocycles. The minimum Gasteiger partial charge on any atom is -0.329 e. The predicted molar refractivity (Wildman–Crippen MR) is 61.3 cm³/mol. The van der Waals surface area contributed by atoms with E-state index in [4.69, 9.17) is 5.73 Å². The molecule has 16 heavy (non-hydrogen) atoms. The van der Waals surface area contributed by atoms with Gasteiger partial charge in [-0.3, -0.25) is 4.68 Å². The van der Waals surface area contributed by atoms with E-state index in [9.17, 15) is 8.42 Å². The summed E-state index contributed by atoms with van der Waals surface area (Å²) in [5.74, 6) is 0. The van der Waals surface area contributed by atoms with Crippen LogP contribution >= 0.6 is 0 Å². The van der Waals surface area contributed by atoms with Gasteiger partial charge in [0.1, 0.15) is 0 Å². The number of aromatic nitrogens is 2. The number of aryl methyl sites for hydroxylation is 1. The molecule has 1 aromatic heterocycles. The van der Waals surface area contributed by atoms with Crippen molar-refractivity contribution in [1.29, 1.82) is 0 Å². The highest BCUT2D eigenvalue weighted by Crippen LogP contribution is 2.14. The lowest BCUT2D eigenvalue weighted by Gasteiger charge is -2.20. The van der Waals surface area contributed by atoms with Crippen molar-refractivity contribution < 1.29 is 8.42 Å². The molecule has 0 saturated carbocycles. The summed E-state index contributed by atoms with van der Waals surface area (Å²) in [5, 5.41) is 4.07. The van der Waals surface area contributed by atoms with Crippen molar-refractivity contribution in [2.75, 3.05) is 19.6 Å². The van der Waals surface area contributed by atoms with Gasteiger partial charge in [-0.25, -0.2) is 8.42 Å². The normalized spacial score (nSPS) is 12.2. The molecule has 2 N–H and O–H groups in total. The summed E-state index contributed by atoms with van der Waals surface area (Å²) in [5.41, 5.74) is 5.42. The maximum atomic E-state index is 12.2. The zero-order valence-electron chi connectivity index (χ0n) is 9.63. The highest BCUT2D eigenvalue weighted by atomic mass is 32.2. The van der Waals surface area contributed by atoms with Gasteiger partial charge in [0.2, 0.25) is 0 Å². The summed E-state index contributed by atoms with van der Waals surface area (Å²) >= 11 is 0. The molecule has 0 aliphatic carbocycles. The van der Waals surface area contributed by atoms with Crippen molar-refractivity contribution in [2.24, 2.45) is 12.8 Å². The third-order valence-electron chi connectivity index (χ3n) is 2.23. The van der Waals surface area contributed by atoms with Crippen LogP contribution in [0, 0.1) is 0 Å². The van der Waals surface area contributed by atoms with Crippen LogP contribution in [-0.2, 0) is 17.1 Å². The first-order valence-electron chi connectivity index (χ1n) is 5.22. The number of rotatable bonds is 6. The molecule has 0 bridgehead atoms. The topological polar surface area (TPSA) is 81.2 Å². The SMILES string of the molecule is CCCN(CCN)S(=O)(=O)c1ccnn1C. The Labute approximate surface area is 96.1 Å². The van der Waals surface area contributed by atoms with Gasteiger partial charge in [-0.15, -0.1) is 0 Å². The first kappa shape index (κ1) is 13.1. The fourth-order valence-electron chi connectivity index (χ4n) is 1.49. The van der Waals surface area contributed by atoms with E-state index in [1.54, 1.807) is 7.05 Å². The Morgan fingerprint density at radius 1 is 1.50 bits per heavy atom. The van der Waals surface area contributed by atoms with E-state index in [2.05, 4.69) is 5.10 Å². The highest BCUT2D eigenvalue weighted by Gasteiger charge is 2.25. The second-order valence-electron chi connectivity index (χ2n) is 3.49. The minimum atomic E-state index is -3.46. The van der Waals surface area contributed by atoms with Gasteiger partial charge in [0.05, 0.1) is 6.20 Å². The van der Waals surface area contributed by atoms with Gasteiger partial charge in [0.15, 0.2) is 5.03 Å². The summed E-state index contributed by atoms with van der Waals surface area (Å²) in [6.45, 7) is 3.06. The Hall–Kier alpha value is -0.920. The van der Waals surface area contributed by atoms with Gasteiger partial charge in [0, 0.05) is 26.7 Å². The smallest absolute Gasteiger partial charge is 0.260 e. The Morgan fingerprint density at radius 3 is 2.62 bits per heavy atom. The number of nitrogens with two attached hydrogens (primary N) is 1. The standard InChI is InChI=1S/C9H18N4O2S/c1-3-7-13(8-5-10)16(14,15)9-4-6-11-12(9)2/h4,6H,3,5,7-8,10H2,1-2H3. The van der Waals surface area contributed by atoms with Crippen molar-refractivity contribution in [3.05, 3.63) is 12.3 Å². The zero-order valence-corrected chi connectivity index (χ0v) is 10.4. The molecule has 0 saturated heterocycles. The van der Waals surface area contributed by atoms with Gasteiger partial charge in [0.25, 0.3) is 10.0 Å². The number of hydrogen-bond donors (Lipinski definition) is 1. The lowest BCUT2D eigenvalue weighted by Crippen LogP contribution is -2.36. The molecule has 0 aliphatic rings. The fourth-order valence-corrected chi connectivity index (χ4v) is 3.14. The largest absolute Gasteiger partial charge is 0.329 e. The molecule has 1 aromatic rings. The van der Waals surface area contributed by atoms with Crippen LogP contribution in [0.15, 0.2) is 17.3 Å². The third kappa shape index (κ3) is 2.60. The average Bonchev–Trinajstić information content (AvgIpc) is 2.65. The first-order valence-corrected chi connectivity index (χ1v) is 6.66. The molecule has 6 nitrogen and oxygen atoms in total. The number of hydrogen-bond acceptors (Lipinski definition) is 4. The van der Waals surface area contributed by atoms with Crippen LogP contribution in [0.25, 0.3) is 0 Å². The molecule has 0 spiro atoms. The second-order valence-corrected chi connectivity index (χ2v) is 5.37. The van der Waals surface area contributed by atoms with E-state index < -0.39 is 10.0 Å². The molecule has 0 unspecified atom stereocenters. The molecular formula is C9H18N4O2S. The van der Waals surface area contributed by atoms with Crippen LogP contribution in [0.3, 0.4) is 0 Å². The summed E-state index contributed by atoms with van der Waals surface area (Å²) in [4.78, 5) is 0. The van der Waals surface area contributed by atoms with Gasteiger partial charge in [-0.2, -0.15) is 9.40 Å². The quantitative estimate of drug-likeness (QED) is 0.752. The van der Waals surface area contributed by atoms with E-state index in [0.29, 0.717) is 19.6 Å². The molecule has 0 amide bonds. The average molecular weight is 246 g/mol. The van der Waals surface area contributed by atoms with Crippen LogP contribution in [0.2, 0.25) is 0 Å². The summed E-state index contributed by atoms with van der Waals surface area (Å²) < 4.78 is 27.2. The third-order valence-corrected chi connectivity index (χ3v) is 4.21. The summed E-state index contributed by atoms with van der Waals surface area (Å²) in [6.07, 6.45) is 2.23. The van der Waals surface area contributed by atoms with Crippen molar-refractivity contribution in [3.8, 4) is 0 Å². The van der Waals surface area contributed by atoms with Gasteiger partial charge in [-0.1, -0.05) is 6.92 Å². The van der Waals surface area contributed by atoms with E-state index in [1.165, 1.54) is 21.3 Å². The zero-order chi connectivity index (χ0) is 12.2. The molecule has 0 fully saturated rings. The Morgan fingerprint density at radius 2 is 2.19 bits per heavy atom. The summed E-state index contributed by atoms with van der Waals surface area (Å²) in [7, 11) is -1.85. The lowest BCUT2D eigenvalue weighted by atomic mass is 10.5. The predicted octanol–water partition coefficient (Wildman–Crippen LogP) is -0.220. The van der Waals surface area contributed by atoms with E-state index in [-0.39, 0.29) is 5.03 Å². The van der Waals surface area contributed by atoms with E-state index in [0.717, 1.165) is 6.42 Å². The van der Waals surface area contributed by atoms with Crippen LogP contribution < -0.4 is 5.73 Å². The van der Waals surface area contributed by atoms with Crippen molar-refractivity contribution >= 4 is 10.0 Å². The van der Waals surface area contributed by atoms with Crippen molar-refractivity contribution in [3.63, 3.8) is 0 Å². The maximum absolute atomic E-state index is 12.2. The highest BCUT2D eigenvalue weighted by molar-refractivity contribution is 7.89. The Bertz CT molecular complexity index is 420. The van der Waals surface area contributed by atoms with Crippen LogP contribution in [0.4, 0.5) is 0 Å². The fraction of sp³-hybridized carbons (Fsp3) is 0.667. The summed E-state index contributed by atoms with van der Waals surface area (Å²) in [6, 6.07) is 1.49. The first-order chi connectivity index (χ1) is 7.54. The number of nitrogens with zero attached hydrogens (tertiary/aromatic N) is 3. The molecular weight excluding hydrogens is 228 g/mol. The molecule has 7 heteroatoms. The second kappa shape index (κ2) is 5.42. The van der Waals surface area contributed by atoms with Crippen LogP contribution in [0.1, 0.15) is 13.3 Å². The molecule has 0 aromatic carbocycles.